The number of hydrogen-bond acceptors (Lipinski definition) is 3. The molecule has 1 aromatic carbocycles. The molecule has 2 aliphatic rings. The molecule has 2 fully saturated rings. The summed E-state index contributed by atoms with van der Waals surface area (Å²) in [6.07, 6.45) is 6.76. The Morgan fingerprint density at radius 2 is 1.87 bits per heavy atom. The highest BCUT2D eigenvalue weighted by molar-refractivity contribution is 14.0. The van der Waals surface area contributed by atoms with E-state index in [2.05, 4.69) is 42.5 Å². The Kier molecular flexibility index (Phi) is 9.90. The minimum atomic E-state index is -0.242. The lowest BCUT2D eigenvalue weighted by atomic mass is 9.88. The Morgan fingerprint density at radius 3 is 2.55 bits per heavy atom. The molecule has 0 aromatic heterocycles. The Hall–Kier alpha value is -1.51. The first-order valence-electron chi connectivity index (χ1n) is 11.4. The highest BCUT2D eigenvalue weighted by Gasteiger charge is 2.31. The van der Waals surface area contributed by atoms with E-state index in [1.807, 2.05) is 23.1 Å². The summed E-state index contributed by atoms with van der Waals surface area (Å²) < 4.78 is 6.09. The third-order valence-electron chi connectivity index (χ3n) is 5.85. The fourth-order valence-corrected chi connectivity index (χ4v) is 4.33. The molecule has 0 spiro atoms. The molecule has 6 nitrogen and oxygen atoms in total. The van der Waals surface area contributed by atoms with E-state index in [0.717, 1.165) is 49.6 Å². The standard InChI is InChI=1S/C24H38N4O2.HI/c1-24(2,3)30-21-13-9-8-12-19(21)16-26-23(25-4)27-20-14-15-28(17-20)22(29)18-10-6-5-7-11-18;/h8-9,12-13,18,20H,5-7,10-11,14-17H2,1-4H3,(H2,25,26,27);1H. The first-order valence-corrected chi connectivity index (χ1v) is 11.4. The van der Waals surface area contributed by atoms with Crippen molar-refractivity contribution >= 4 is 35.8 Å². The van der Waals surface area contributed by atoms with Crippen molar-refractivity contribution in [2.45, 2.75) is 77.5 Å². The molecule has 1 aliphatic carbocycles. The molecule has 3 rings (SSSR count). The van der Waals surface area contributed by atoms with Gasteiger partial charge in [-0.05, 0) is 46.1 Å². The van der Waals surface area contributed by atoms with Gasteiger partial charge in [-0.15, -0.1) is 24.0 Å². The van der Waals surface area contributed by atoms with Crippen LogP contribution in [0, 0.1) is 5.92 Å². The SMILES string of the molecule is CN=C(NCc1ccccc1OC(C)(C)C)NC1CCN(C(=O)C2CCCCC2)C1.I. The van der Waals surface area contributed by atoms with Gasteiger partial charge in [0.15, 0.2) is 5.96 Å². The van der Waals surface area contributed by atoms with Crippen molar-refractivity contribution in [1.29, 1.82) is 0 Å². The molecule has 1 aromatic rings. The first kappa shape index (κ1) is 25.7. The summed E-state index contributed by atoms with van der Waals surface area (Å²) in [4.78, 5) is 19.2. The van der Waals surface area contributed by atoms with E-state index in [9.17, 15) is 4.79 Å². The summed E-state index contributed by atoms with van der Waals surface area (Å²) in [5.74, 6) is 2.25. The fraction of sp³-hybridized carbons (Fsp3) is 0.667. The van der Waals surface area contributed by atoms with Gasteiger partial charge in [0.05, 0.1) is 0 Å². The average molecular weight is 543 g/mol. The predicted molar refractivity (Wildman–Crippen MR) is 137 cm³/mol. The van der Waals surface area contributed by atoms with Gasteiger partial charge in [0.1, 0.15) is 11.4 Å². The smallest absolute Gasteiger partial charge is 0.225 e. The average Bonchev–Trinajstić information content (AvgIpc) is 3.19. The van der Waals surface area contributed by atoms with Crippen LogP contribution in [0.5, 0.6) is 5.75 Å². The molecule has 1 saturated heterocycles. The van der Waals surface area contributed by atoms with E-state index >= 15 is 0 Å². The Morgan fingerprint density at radius 1 is 1.16 bits per heavy atom. The number of hydrogen-bond donors (Lipinski definition) is 2. The molecule has 174 valence electrons. The first-order chi connectivity index (χ1) is 14.4. The maximum absolute atomic E-state index is 12.8. The topological polar surface area (TPSA) is 66.0 Å². The number of benzene rings is 1. The van der Waals surface area contributed by atoms with Gasteiger partial charge in [-0.1, -0.05) is 37.5 Å². The minimum absolute atomic E-state index is 0. The van der Waals surface area contributed by atoms with Crippen molar-refractivity contribution in [2.24, 2.45) is 10.9 Å². The predicted octanol–water partition coefficient (Wildman–Crippen LogP) is 4.33. The van der Waals surface area contributed by atoms with Crippen LogP contribution in [-0.4, -0.2) is 48.5 Å². The number of likely N-dealkylation sites (tertiary alicyclic amines) is 1. The largest absolute Gasteiger partial charge is 0.488 e. The molecule has 1 amide bonds. The lowest BCUT2D eigenvalue weighted by Crippen LogP contribution is -2.45. The molecule has 1 atom stereocenters. The van der Waals surface area contributed by atoms with Crippen LogP contribution < -0.4 is 15.4 Å². The number of para-hydroxylation sites is 1. The normalized spacial score (nSPS) is 20.2. The number of nitrogens with zero attached hydrogens (tertiary/aromatic N) is 2. The van der Waals surface area contributed by atoms with Crippen LogP contribution in [0.4, 0.5) is 0 Å². The second kappa shape index (κ2) is 11.9. The van der Waals surface area contributed by atoms with Crippen molar-refractivity contribution in [3.63, 3.8) is 0 Å². The zero-order valence-corrected chi connectivity index (χ0v) is 21.8. The number of nitrogens with one attached hydrogen (secondary N) is 2. The van der Waals surface area contributed by atoms with Crippen molar-refractivity contribution < 1.29 is 9.53 Å². The third kappa shape index (κ3) is 7.84. The second-order valence-electron chi connectivity index (χ2n) is 9.50. The van der Waals surface area contributed by atoms with E-state index in [-0.39, 0.29) is 41.5 Å². The Balaban J connectivity index is 0.00000341. The van der Waals surface area contributed by atoms with Gasteiger partial charge in [-0.2, -0.15) is 0 Å². The second-order valence-corrected chi connectivity index (χ2v) is 9.50. The molecule has 1 unspecified atom stereocenters. The van der Waals surface area contributed by atoms with E-state index in [1.165, 1.54) is 19.3 Å². The van der Waals surface area contributed by atoms with Crippen LogP contribution in [0.3, 0.4) is 0 Å². The van der Waals surface area contributed by atoms with Crippen molar-refractivity contribution in [1.82, 2.24) is 15.5 Å². The van der Waals surface area contributed by atoms with Crippen molar-refractivity contribution in [3.05, 3.63) is 29.8 Å². The van der Waals surface area contributed by atoms with E-state index in [4.69, 9.17) is 4.74 Å². The van der Waals surface area contributed by atoms with Crippen LogP contribution >= 0.6 is 24.0 Å². The lowest BCUT2D eigenvalue weighted by Gasteiger charge is -2.26. The number of guanidine groups is 1. The number of amides is 1. The lowest BCUT2D eigenvalue weighted by molar-refractivity contribution is -0.135. The van der Waals surface area contributed by atoms with Crippen LogP contribution in [0.15, 0.2) is 29.3 Å². The number of carbonyl (C=O) groups excluding carboxylic acids is 1. The number of carbonyl (C=O) groups is 1. The molecular weight excluding hydrogens is 503 g/mol. The van der Waals surface area contributed by atoms with Crippen molar-refractivity contribution in [3.8, 4) is 5.75 Å². The van der Waals surface area contributed by atoms with E-state index < -0.39 is 0 Å². The highest BCUT2D eigenvalue weighted by Crippen LogP contribution is 2.27. The number of halogens is 1. The zero-order chi connectivity index (χ0) is 21.6. The molecule has 1 aliphatic heterocycles. The molecule has 1 heterocycles. The molecule has 0 radical (unpaired) electrons. The summed E-state index contributed by atoms with van der Waals surface area (Å²) in [7, 11) is 1.78. The van der Waals surface area contributed by atoms with Crippen LogP contribution in [0.25, 0.3) is 0 Å². The number of aliphatic imine (C=N–C) groups is 1. The Bertz CT molecular complexity index is 741. The number of ether oxygens (including phenoxy) is 1. The fourth-order valence-electron chi connectivity index (χ4n) is 4.33. The monoisotopic (exact) mass is 542 g/mol. The van der Waals surface area contributed by atoms with Crippen molar-refractivity contribution in [2.75, 3.05) is 20.1 Å². The van der Waals surface area contributed by atoms with Gasteiger partial charge in [-0.3, -0.25) is 9.79 Å². The third-order valence-corrected chi connectivity index (χ3v) is 5.85. The summed E-state index contributed by atoms with van der Waals surface area (Å²) in [6, 6.07) is 8.33. The summed E-state index contributed by atoms with van der Waals surface area (Å²) >= 11 is 0. The maximum Gasteiger partial charge on any atom is 0.225 e. The highest BCUT2D eigenvalue weighted by atomic mass is 127. The van der Waals surface area contributed by atoms with E-state index in [1.54, 1.807) is 7.05 Å². The van der Waals surface area contributed by atoms with Gasteiger partial charge in [-0.25, -0.2) is 0 Å². The Labute approximate surface area is 204 Å². The molecule has 1 saturated carbocycles. The summed E-state index contributed by atoms with van der Waals surface area (Å²) in [5, 5.41) is 6.90. The van der Waals surface area contributed by atoms with Crippen LogP contribution in [0.1, 0.15) is 64.9 Å². The minimum Gasteiger partial charge on any atom is -0.488 e. The van der Waals surface area contributed by atoms with Crippen LogP contribution in [0.2, 0.25) is 0 Å². The molecule has 31 heavy (non-hydrogen) atoms. The molecule has 2 N–H and O–H groups in total. The van der Waals surface area contributed by atoms with Gasteiger partial charge in [0.25, 0.3) is 0 Å². The van der Waals surface area contributed by atoms with Gasteiger partial charge < -0.3 is 20.3 Å². The quantitative estimate of drug-likeness (QED) is 0.331. The number of rotatable bonds is 5. The van der Waals surface area contributed by atoms with Gasteiger partial charge >= 0.3 is 0 Å². The molecular formula is C24H39IN4O2. The summed E-state index contributed by atoms with van der Waals surface area (Å²) in [5.41, 5.74) is 0.852. The maximum atomic E-state index is 12.8. The molecule has 7 heteroatoms. The van der Waals surface area contributed by atoms with Gasteiger partial charge in [0, 0.05) is 44.2 Å². The summed E-state index contributed by atoms with van der Waals surface area (Å²) in [6.45, 7) is 8.39. The zero-order valence-electron chi connectivity index (χ0n) is 19.4. The van der Waals surface area contributed by atoms with E-state index in [0.29, 0.717) is 12.5 Å². The molecule has 0 bridgehead atoms. The van der Waals surface area contributed by atoms with Gasteiger partial charge in [0.2, 0.25) is 5.91 Å². The van der Waals surface area contributed by atoms with Crippen LogP contribution in [-0.2, 0) is 11.3 Å².